The molecule has 0 spiro atoms. The van der Waals surface area contributed by atoms with Crippen LogP contribution >= 0.6 is 15.9 Å². The van der Waals surface area contributed by atoms with Crippen molar-refractivity contribution >= 4 is 21.8 Å². The number of aliphatic hydroxyl groups is 1. The van der Waals surface area contributed by atoms with E-state index in [9.17, 15) is 9.90 Å². The monoisotopic (exact) mass is 339 g/mol. The van der Waals surface area contributed by atoms with Gasteiger partial charge in [0.15, 0.2) is 0 Å². The van der Waals surface area contributed by atoms with Gasteiger partial charge in [0, 0.05) is 24.0 Å². The number of hydrogen-bond acceptors (Lipinski definition) is 2. The number of aryl methyl sites for hydroxylation is 1. The highest BCUT2D eigenvalue weighted by atomic mass is 79.9. The summed E-state index contributed by atoms with van der Waals surface area (Å²) < 4.78 is 1.05. The second-order valence-electron chi connectivity index (χ2n) is 5.86. The lowest BCUT2D eigenvalue weighted by Gasteiger charge is -2.22. The summed E-state index contributed by atoms with van der Waals surface area (Å²) in [6, 6.07) is 8.08. The van der Waals surface area contributed by atoms with Gasteiger partial charge >= 0.3 is 0 Å². The number of halogens is 1. The molecule has 0 saturated carbocycles. The Balaban J connectivity index is 1.85. The van der Waals surface area contributed by atoms with Gasteiger partial charge in [0.2, 0.25) is 5.91 Å². The Morgan fingerprint density at radius 2 is 2.20 bits per heavy atom. The average molecular weight is 340 g/mol. The Labute approximate surface area is 129 Å². The minimum absolute atomic E-state index is 0.197. The molecule has 1 saturated heterocycles. The van der Waals surface area contributed by atoms with Crippen LogP contribution in [0.1, 0.15) is 38.2 Å². The van der Waals surface area contributed by atoms with Crippen LogP contribution in [0, 0.1) is 0 Å². The fourth-order valence-corrected chi connectivity index (χ4v) is 3.06. The molecule has 20 heavy (non-hydrogen) atoms. The molecule has 1 amide bonds. The standard InChI is InChI=1S/C16H22BrNO2/c1-16(20)8-3-10-18(11-9-16)15(19)7-6-13-4-2-5-14(17)12-13/h2,4-5,12,20H,3,6-11H2,1H3. The third kappa shape index (κ3) is 4.60. The van der Waals surface area contributed by atoms with Crippen molar-refractivity contribution in [3.05, 3.63) is 34.3 Å². The van der Waals surface area contributed by atoms with Crippen LogP contribution in [0.25, 0.3) is 0 Å². The Morgan fingerprint density at radius 1 is 1.40 bits per heavy atom. The summed E-state index contributed by atoms with van der Waals surface area (Å²) in [5.41, 5.74) is 0.564. The predicted molar refractivity (Wildman–Crippen MR) is 83.5 cm³/mol. The molecule has 1 fully saturated rings. The molecule has 110 valence electrons. The molecule has 0 aromatic heterocycles. The quantitative estimate of drug-likeness (QED) is 0.918. The minimum Gasteiger partial charge on any atom is -0.390 e. The fraction of sp³-hybridized carbons (Fsp3) is 0.562. The highest BCUT2D eigenvalue weighted by Gasteiger charge is 2.26. The molecule has 1 N–H and O–H groups in total. The van der Waals surface area contributed by atoms with Crippen molar-refractivity contribution in [2.24, 2.45) is 0 Å². The minimum atomic E-state index is -0.612. The molecule has 1 unspecified atom stereocenters. The zero-order valence-electron chi connectivity index (χ0n) is 11.9. The third-order valence-electron chi connectivity index (χ3n) is 3.93. The van der Waals surface area contributed by atoms with Crippen molar-refractivity contribution in [3.8, 4) is 0 Å². The molecule has 1 atom stereocenters. The summed E-state index contributed by atoms with van der Waals surface area (Å²) in [5, 5.41) is 10.0. The van der Waals surface area contributed by atoms with E-state index in [0.717, 1.165) is 30.3 Å². The number of hydrogen-bond donors (Lipinski definition) is 1. The van der Waals surface area contributed by atoms with Crippen molar-refractivity contribution < 1.29 is 9.90 Å². The molecule has 1 heterocycles. The van der Waals surface area contributed by atoms with Crippen LogP contribution < -0.4 is 0 Å². The molecule has 4 heteroatoms. The van der Waals surface area contributed by atoms with E-state index in [1.54, 1.807) is 0 Å². The van der Waals surface area contributed by atoms with Gasteiger partial charge in [-0.2, -0.15) is 0 Å². The molecule has 0 radical (unpaired) electrons. The molecule has 0 aliphatic carbocycles. The first kappa shape index (κ1) is 15.5. The third-order valence-corrected chi connectivity index (χ3v) is 4.43. The van der Waals surface area contributed by atoms with E-state index in [0.29, 0.717) is 19.4 Å². The average Bonchev–Trinajstić information content (AvgIpc) is 2.57. The molecule has 1 aliphatic rings. The lowest BCUT2D eigenvalue weighted by Crippen LogP contribution is -2.33. The summed E-state index contributed by atoms with van der Waals surface area (Å²) in [7, 11) is 0. The summed E-state index contributed by atoms with van der Waals surface area (Å²) in [4.78, 5) is 14.2. The topological polar surface area (TPSA) is 40.5 Å². The van der Waals surface area contributed by atoms with Gasteiger partial charge in [-0.25, -0.2) is 0 Å². The highest BCUT2D eigenvalue weighted by molar-refractivity contribution is 9.10. The van der Waals surface area contributed by atoms with Crippen molar-refractivity contribution in [1.29, 1.82) is 0 Å². The second-order valence-corrected chi connectivity index (χ2v) is 6.78. The van der Waals surface area contributed by atoms with E-state index in [1.165, 1.54) is 5.56 Å². The number of benzene rings is 1. The number of rotatable bonds is 3. The largest absolute Gasteiger partial charge is 0.390 e. The Kier molecular flexibility index (Phi) is 5.22. The molecular formula is C16H22BrNO2. The van der Waals surface area contributed by atoms with Crippen LogP contribution in [0.4, 0.5) is 0 Å². The number of carbonyl (C=O) groups is 1. The summed E-state index contributed by atoms with van der Waals surface area (Å²) in [6.07, 6.45) is 3.65. The van der Waals surface area contributed by atoms with E-state index >= 15 is 0 Å². The van der Waals surface area contributed by atoms with Crippen LogP contribution in [-0.2, 0) is 11.2 Å². The Hall–Kier alpha value is -0.870. The SMILES string of the molecule is CC1(O)CCCN(C(=O)CCc2cccc(Br)c2)CC1. The highest BCUT2D eigenvalue weighted by Crippen LogP contribution is 2.22. The van der Waals surface area contributed by atoms with Gasteiger partial charge in [0.25, 0.3) is 0 Å². The lowest BCUT2D eigenvalue weighted by atomic mass is 9.98. The number of amides is 1. The Bertz CT molecular complexity index is 473. The van der Waals surface area contributed by atoms with Crippen molar-refractivity contribution in [1.82, 2.24) is 4.90 Å². The molecular weight excluding hydrogens is 318 g/mol. The smallest absolute Gasteiger partial charge is 0.222 e. The summed E-state index contributed by atoms with van der Waals surface area (Å²) in [5.74, 6) is 0.197. The van der Waals surface area contributed by atoms with Gasteiger partial charge in [-0.1, -0.05) is 28.1 Å². The van der Waals surface area contributed by atoms with E-state index in [1.807, 2.05) is 30.0 Å². The first-order chi connectivity index (χ1) is 9.46. The number of nitrogens with zero attached hydrogens (tertiary/aromatic N) is 1. The van der Waals surface area contributed by atoms with Crippen molar-refractivity contribution in [2.75, 3.05) is 13.1 Å². The first-order valence-corrected chi connectivity index (χ1v) is 8.00. The zero-order chi connectivity index (χ0) is 14.6. The molecule has 3 nitrogen and oxygen atoms in total. The maximum Gasteiger partial charge on any atom is 0.222 e. The fourth-order valence-electron chi connectivity index (χ4n) is 2.61. The molecule has 0 bridgehead atoms. The Morgan fingerprint density at radius 3 is 2.95 bits per heavy atom. The van der Waals surface area contributed by atoms with Crippen molar-refractivity contribution in [2.45, 2.75) is 44.6 Å². The summed E-state index contributed by atoms with van der Waals surface area (Å²) in [6.45, 7) is 3.31. The molecule has 1 aromatic carbocycles. The van der Waals surface area contributed by atoms with E-state index < -0.39 is 5.60 Å². The van der Waals surface area contributed by atoms with Gasteiger partial charge in [-0.15, -0.1) is 0 Å². The van der Waals surface area contributed by atoms with Crippen LogP contribution in [0.2, 0.25) is 0 Å². The zero-order valence-corrected chi connectivity index (χ0v) is 13.5. The molecule has 2 rings (SSSR count). The molecule has 1 aliphatic heterocycles. The predicted octanol–water partition coefficient (Wildman–Crippen LogP) is 3.15. The van der Waals surface area contributed by atoms with E-state index in [-0.39, 0.29) is 5.91 Å². The van der Waals surface area contributed by atoms with Gasteiger partial charge < -0.3 is 10.0 Å². The van der Waals surface area contributed by atoms with Gasteiger partial charge in [0.1, 0.15) is 0 Å². The van der Waals surface area contributed by atoms with Crippen LogP contribution in [-0.4, -0.2) is 34.6 Å². The number of carbonyl (C=O) groups excluding carboxylic acids is 1. The lowest BCUT2D eigenvalue weighted by molar-refractivity contribution is -0.131. The van der Waals surface area contributed by atoms with Crippen molar-refractivity contribution in [3.63, 3.8) is 0 Å². The van der Waals surface area contributed by atoms with Gasteiger partial charge in [0.05, 0.1) is 5.60 Å². The van der Waals surface area contributed by atoms with E-state index in [4.69, 9.17) is 0 Å². The van der Waals surface area contributed by atoms with Crippen LogP contribution in [0.3, 0.4) is 0 Å². The number of likely N-dealkylation sites (tertiary alicyclic amines) is 1. The van der Waals surface area contributed by atoms with Crippen LogP contribution in [0.5, 0.6) is 0 Å². The van der Waals surface area contributed by atoms with Gasteiger partial charge in [-0.3, -0.25) is 4.79 Å². The first-order valence-electron chi connectivity index (χ1n) is 7.21. The molecule has 1 aromatic rings. The van der Waals surface area contributed by atoms with E-state index in [2.05, 4.69) is 22.0 Å². The van der Waals surface area contributed by atoms with Crippen LogP contribution in [0.15, 0.2) is 28.7 Å². The maximum absolute atomic E-state index is 12.3. The summed E-state index contributed by atoms with van der Waals surface area (Å²) >= 11 is 3.45. The maximum atomic E-state index is 12.3. The second kappa shape index (κ2) is 6.72. The normalized spacial score (nSPS) is 23.4. The van der Waals surface area contributed by atoms with Gasteiger partial charge in [-0.05, 0) is 50.3 Å².